The molecule has 0 amide bonds. The average molecular weight is 268 g/mol. The van der Waals surface area contributed by atoms with Gasteiger partial charge in [0.1, 0.15) is 5.75 Å². The van der Waals surface area contributed by atoms with E-state index in [-0.39, 0.29) is 0 Å². The molecular weight excluding hydrogens is 254 g/mol. The van der Waals surface area contributed by atoms with Gasteiger partial charge in [-0.2, -0.15) is 0 Å². The lowest BCUT2D eigenvalue weighted by atomic mass is 10.2. The Hall–Kier alpha value is -0.800. The first-order valence-corrected chi connectivity index (χ1v) is 5.91. The van der Waals surface area contributed by atoms with Gasteiger partial charge in [-0.25, -0.2) is 0 Å². The molecule has 0 saturated heterocycles. The van der Waals surface area contributed by atoms with E-state index in [1.807, 2.05) is 12.1 Å². The molecule has 1 aromatic rings. The predicted octanol–water partition coefficient (Wildman–Crippen LogP) is 2.96. The van der Waals surface area contributed by atoms with Crippen molar-refractivity contribution in [2.24, 2.45) is 0 Å². The van der Waals surface area contributed by atoms with Crippen LogP contribution in [-0.4, -0.2) is 11.1 Å². The Balaban J connectivity index is 1.90. The van der Waals surface area contributed by atoms with E-state index in [2.05, 4.69) is 33.4 Å². The van der Waals surface area contributed by atoms with Crippen molar-refractivity contribution >= 4 is 15.9 Å². The molecule has 80 valence electrons. The van der Waals surface area contributed by atoms with Crippen LogP contribution in [0.25, 0.3) is 0 Å². The Labute approximate surface area is 98.1 Å². The van der Waals surface area contributed by atoms with Gasteiger partial charge in [-0.05, 0) is 46.5 Å². The lowest BCUT2D eigenvalue weighted by molar-refractivity contribution is 0.471. The molecule has 0 saturated carbocycles. The molecule has 0 aliphatic heterocycles. The molecule has 0 spiro atoms. The minimum absolute atomic E-state index is 0.293. The molecule has 0 heterocycles. The van der Waals surface area contributed by atoms with E-state index in [0.717, 1.165) is 23.9 Å². The summed E-state index contributed by atoms with van der Waals surface area (Å²) >= 11 is 3.31. The van der Waals surface area contributed by atoms with Crippen molar-refractivity contribution < 1.29 is 5.11 Å². The second kappa shape index (κ2) is 4.81. The molecule has 0 unspecified atom stereocenters. The zero-order valence-electron chi connectivity index (χ0n) is 8.41. The van der Waals surface area contributed by atoms with Gasteiger partial charge in [-0.15, -0.1) is 0 Å². The molecule has 0 radical (unpaired) electrons. The van der Waals surface area contributed by atoms with Crippen molar-refractivity contribution in [2.45, 2.75) is 25.4 Å². The van der Waals surface area contributed by atoms with Crippen LogP contribution in [0.2, 0.25) is 0 Å². The largest absolute Gasteiger partial charge is 0.507 e. The molecule has 2 N–H and O–H groups in total. The SMILES string of the molecule is Oc1ccc(CNC2CC=CC2)cc1Br. The van der Waals surface area contributed by atoms with E-state index in [9.17, 15) is 5.11 Å². The van der Waals surface area contributed by atoms with Gasteiger partial charge in [0.05, 0.1) is 4.47 Å². The molecule has 1 aliphatic carbocycles. The van der Waals surface area contributed by atoms with Gasteiger partial charge in [0.2, 0.25) is 0 Å². The number of nitrogens with one attached hydrogen (secondary N) is 1. The third kappa shape index (κ3) is 2.83. The van der Waals surface area contributed by atoms with Crippen LogP contribution in [-0.2, 0) is 6.54 Å². The van der Waals surface area contributed by atoms with Crippen LogP contribution in [0.4, 0.5) is 0 Å². The Morgan fingerprint density at radius 3 is 2.73 bits per heavy atom. The summed E-state index contributed by atoms with van der Waals surface area (Å²) in [6, 6.07) is 6.19. The number of hydrogen-bond donors (Lipinski definition) is 2. The Morgan fingerprint density at radius 1 is 1.33 bits per heavy atom. The van der Waals surface area contributed by atoms with Crippen molar-refractivity contribution in [3.05, 3.63) is 40.4 Å². The predicted molar refractivity (Wildman–Crippen MR) is 64.8 cm³/mol. The first kappa shape index (κ1) is 10.7. The summed E-state index contributed by atoms with van der Waals surface area (Å²) in [5, 5.41) is 12.8. The van der Waals surface area contributed by atoms with Gasteiger partial charge in [0, 0.05) is 12.6 Å². The highest BCUT2D eigenvalue weighted by molar-refractivity contribution is 9.10. The molecule has 1 aliphatic rings. The number of hydrogen-bond acceptors (Lipinski definition) is 2. The van der Waals surface area contributed by atoms with Gasteiger partial charge in [-0.1, -0.05) is 18.2 Å². The van der Waals surface area contributed by atoms with Gasteiger partial charge in [0.25, 0.3) is 0 Å². The molecule has 0 fully saturated rings. The van der Waals surface area contributed by atoms with Crippen LogP contribution in [0.5, 0.6) is 5.75 Å². The first-order chi connectivity index (χ1) is 7.25. The maximum atomic E-state index is 9.35. The number of phenols is 1. The highest BCUT2D eigenvalue weighted by Crippen LogP contribution is 2.24. The quantitative estimate of drug-likeness (QED) is 0.826. The van der Waals surface area contributed by atoms with E-state index in [4.69, 9.17) is 0 Å². The van der Waals surface area contributed by atoms with Crippen LogP contribution >= 0.6 is 15.9 Å². The molecule has 3 heteroatoms. The van der Waals surface area contributed by atoms with Crippen LogP contribution in [0.15, 0.2) is 34.8 Å². The summed E-state index contributed by atoms with van der Waals surface area (Å²) in [4.78, 5) is 0. The van der Waals surface area contributed by atoms with Crippen molar-refractivity contribution in [3.8, 4) is 5.75 Å². The molecular formula is C12H14BrNO. The molecule has 0 aromatic heterocycles. The lowest BCUT2D eigenvalue weighted by Crippen LogP contribution is -2.25. The van der Waals surface area contributed by atoms with Crippen molar-refractivity contribution in [1.29, 1.82) is 0 Å². The highest BCUT2D eigenvalue weighted by atomic mass is 79.9. The first-order valence-electron chi connectivity index (χ1n) is 5.11. The number of rotatable bonds is 3. The Morgan fingerprint density at radius 2 is 2.07 bits per heavy atom. The maximum Gasteiger partial charge on any atom is 0.129 e. The van der Waals surface area contributed by atoms with E-state index in [1.54, 1.807) is 6.07 Å². The summed E-state index contributed by atoms with van der Waals surface area (Å²) in [7, 11) is 0. The zero-order valence-corrected chi connectivity index (χ0v) is 10.00. The highest BCUT2D eigenvalue weighted by Gasteiger charge is 2.09. The fourth-order valence-corrected chi connectivity index (χ4v) is 2.13. The molecule has 0 bridgehead atoms. The second-order valence-corrected chi connectivity index (χ2v) is 4.66. The molecule has 2 rings (SSSR count). The maximum absolute atomic E-state index is 9.35. The average Bonchev–Trinajstić information content (AvgIpc) is 2.73. The van der Waals surface area contributed by atoms with Crippen molar-refractivity contribution in [2.75, 3.05) is 0 Å². The Kier molecular flexibility index (Phi) is 3.44. The summed E-state index contributed by atoms with van der Waals surface area (Å²) in [5.74, 6) is 0.293. The fourth-order valence-electron chi connectivity index (χ4n) is 1.71. The van der Waals surface area contributed by atoms with E-state index in [1.165, 1.54) is 5.56 Å². The summed E-state index contributed by atoms with van der Waals surface area (Å²) < 4.78 is 0.756. The molecule has 15 heavy (non-hydrogen) atoms. The summed E-state index contributed by atoms with van der Waals surface area (Å²) in [5.41, 5.74) is 1.19. The number of phenolic OH excluding ortho intramolecular Hbond substituents is 1. The lowest BCUT2D eigenvalue weighted by Gasteiger charge is -2.12. The van der Waals surface area contributed by atoms with Crippen LogP contribution < -0.4 is 5.32 Å². The third-order valence-electron chi connectivity index (χ3n) is 2.61. The smallest absolute Gasteiger partial charge is 0.129 e. The number of halogens is 1. The summed E-state index contributed by atoms with van der Waals surface area (Å²) in [6.45, 7) is 0.852. The van der Waals surface area contributed by atoms with Gasteiger partial charge < -0.3 is 10.4 Å². The number of benzene rings is 1. The van der Waals surface area contributed by atoms with Crippen LogP contribution in [0, 0.1) is 0 Å². The second-order valence-electron chi connectivity index (χ2n) is 3.81. The minimum Gasteiger partial charge on any atom is -0.507 e. The minimum atomic E-state index is 0.293. The van der Waals surface area contributed by atoms with Gasteiger partial charge in [0.15, 0.2) is 0 Å². The van der Waals surface area contributed by atoms with E-state index < -0.39 is 0 Å². The number of aromatic hydroxyl groups is 1. The monoisotopic (exact) mass is 267 g/mol. The third-order valence-corrected chi connectivity index (χ3v) is 3.25. The van der Waals surface area contributed by atoms with Crippen LogP contribution in [0.3, 0.4) is 0 Å². The van der Waals surface area contributed by atoms with E-state index in [0.29, 0.717) is 11.8 Å². The van der Waals surface area contributed by atoms with Crippen molar-refractivity contribution in [3.63, 3.8) is 0 Å². The van der Waals surface area contributed by atoms with Gasteiger partial charge in [-0.3, -0.25) is 0 Å². The van der Waals surface area contributed by atoms with Gasteiger partial charge >= 0.3 is 0 Å². The summed E-state index contributed by atoms with van der Waals surface area (Å²) in [6.07, 6.45) is 6.67. The normalized spacial score (nSPS) is 16.1. The molecule has 0 atom stereocenters. The topological polar surface area (TPSA) is 32.3 Å². The molecule has 2 nitrogen and oxygen atoms in total. The standard InChI is InChI=1S/C12H14BrNO/c13-11-7-9(5-6-12(11)15)8-14-10-3-1-2-4-10/h1-2,5-7,10,14-15H,3-4,8H2. The molecule has 1 aromatic carbocycles. The fraction of sp³-hybridized carbons (Fsp3) is 0.333. The van der Waals surface area contributed by atoms with Crippen LogP contribution in [0.1, 0.15) is 18.4 Å². The zero-order chi connectivity index (χ0) is 10.7. The Bertz CT molecular complexity index is 368. The van der Waals surface area contributed by atoms with Crippen molar-refractivity contribution in [1.82, 2.24) is 5.32 Å². The van der Waals surface area contributed by atoms with E-state index >= 15 is 0 Å².